The van der Waals surface area contributed by atoms with Crippen LogP contribution in [0, 0.1) is 5.82 Å². The number of aromatic nitrogens is 2. The number of carbonyl (C=O) groups is 1. The SMILES string of the molecule is O=C(O)N1CCN([C@@H]2CCOc3cc(S(=O)(=O)Nc4ncns4)ccc32)[C@H](c2ccc(F)cc2)C1. The molecule has 2 aliphatic heterocycles. The van der Waals surface area contributed by atoms with Crippen LogP contribution in [0.5, 0.6) is 5.75 Å². The maximum atomic E-state index is 13.6. The largest absolute Gasteiger partial charge is 0.493 e. The molecule has 3 heterocycles. The Bertz CT molecular complexity index is 1320. The molecule has 5 rings (SSSR count). The van der Waals surface area contributed by atoms with Crippen LogP contribution in [-0.2, 0) is 10.0 Å². The summed E-state index contributed by atoms with van der Waals surface area (Å²) in [6, 6.07) is 10.4. The third-order valence-electron chi connectivity index (χ3n) is 6.23. The summed E-state index contributed by atoms with van der Waals surface area (Å²) in [5.41, 5.74) is 1.63. The number of carboxylic acid groups (broad SMARTS) is 1. The fraction of sp³-hybridized carbons (Fsp3) is 0.318. The number of hydrogen-bond donors (Lipinski definition) is 2. The van der Waals surface area contributed by atoms with Gasteiger partial charge in [-0.1, -0.05) is 18.2 Å². The van der Waals surface area contributed by atoms with Gasteiger partial charge in [0.25, 0.3) is 10.0 Å². The first-order valence-electron chi connectivity index (χ1n) is 10.9. The van der Waals surface area contributed by atoms with Gasteiger partial charge in [0.1, 0.15) is 17.9 Å². The monoisotopic (exact) mass is 519 g/mol. The zero-order chi connectivity index (χ0) is 24.6. The van der Waals surface area contributed by atoms with Crippen molar-refractivity contribution in [1.29, 1.82) is 0 Å². The number of rotatable bonds is 5. The van der Waals surface area contributed by atoms with Crippen LogP contribution in [0.2, 0.25) is 0 Å². The lowest BCUT2D eigenvalue weighted by molar-refractivity contribution is 0.0264. The topological polar surface area (TPSA) is 125 Å². The molecule has 0 unspecified atom stereocenters. The van der Waals surface area contributed by atoms with Gasteiger partial charge in [0.2, 0.25) is 5.13 Å². The van der Waals surface area contributed by atoms with Crippen molar-refractivity contribution in [2.24, 2.45) is 0 Å². The third-order valence-corrected chi connectivity index (χ3v) is 8.28. The van der Waals surface area contributed by atoms with Crippen LogP contribution in [0.1, 0.15) is 29.6 Å². The lowest BCUT2D eigenvalue weighted by Crippen LogP contribution is -2.51. The number of benzene rings is 2. The summed E-state index contributed by atoms with van der Waals surface area (Å²) in [4.78, 5) is 19.1. The Balaban J connectivity index is 1.46. The summed E-state index contributed by atoms with van der Waals surface area (Å²) < 4.78 is 51.2. The molecule has 1 amide bonds. The van der Waals surface area contributed by atoms with Crippen molar-refractivity contribution in [3.63, 3.8) is 0 Å². The van der Waals surface area contributed by atoms with E-state index < -0.39 is 16.1 Å². The second kappa shape index (κ2) is 9.40. The van der Waals surface area contributed by atoms with Gasteiger partial charge < -0.3 is 14.7 Å². The van der Waals surface area contributed by atoms with E-state index in [1.54, 1.807) is 18.2 Å². The second-order valence-corrected chi connectivity index (χ2v) is 10.7. The second-order valence-electron chi connectivity index (χ2n) is 8.24. The average molecular weight is 520 g/mol. The number of hydrogen-bond acceptors (Lipinski definition) is 8. The van der Waals surface area contributed by atoms with Crippen molar-refractivity contribution < 1.29 is 27.4 Å². The molecule has 2 N–H and O–H groups in total. The molecule has 0 saturated carbocycles. The minimum absolute atomic E-state index is 0.0397. The molecule has 0 bridgehead atoms. The lowest BCUT2D eigenvalue weighted by Gasteiger charge is -2.46. The average Bonchev–Trinajstić information content (AvgIpc) is 3.36. The summed E-state index contributed by atoms with van der Waals surface area (Å²) in [6.45, 7) is 1.42. The van der Waals surface area contributed by atoms with Crippen molar-refractivity contribution in [1.82, 2.24) is 19.2 Å². The van der Waals surface area contributed by atoms with E-state index in [1.165, 1.54) is 35.5 Å². The van der Waals surface area contributed by atoms with Gasteiger partial charge in [-0.2, -0.15) is 4.37 Å². The van der Waals surface area contributed by atoms with Crippen molar-refractivity contribution >= 4 is 32.8 Å². The Morgan fingerprint density at radius 1 is 1.17 bits per heavy atom. The highest BCUT2D eigenvalue weighted by atomic mass is 32.2. The number of nitrogens with zero attached hydrogens (tertiary/aromatic N) is 4. The zero-order valence-corrected chi connectivity index (χ0v) is 20.0. The van der Waals surface area contributed by atoms with Gasteiger partial charge in [0.15, 0.2) is 0 Å². The van der Waals surface area contributed by atoms with Gasteiger partial charge in [0.05, 0.1) is 17.5 Å². The highest BCUT2D eigenvalue weighted by molar-refractivity contribution is 7.93. The molecule has 0 aliphatic carbocycles. The Kier molecular flexibility index (Phi) is 6.30. The molecule has 184 valence electrons. The normalized spacial score (nSPS) is 20.7. The van der Waals surface area contributed by atoms with Crippen LogP contribution < -0.4 is 9.46 Å². The van der Waals surface area contributed by atoms with Gasteiger partial charge in [-0.05, 0) is 23.8 Å². The Hall–Kier alpha value is -3.29. The summed E-state index contributed by atoms with van der Waals surface area (Å²) in [7, 11) is -3.88. The maximum Gasteiger partial charge on any atom is 0.407 e. The first-order chi connectivity index (χ1) is 16.8. The standard InChI is InChI=1S/C22H22FN5O5S2/c23-15-3-1-14(2-4-15)19-12-27(22(29)30)8-9-28(19)18-7-10-33-20-11-16(5-6-17(18)20)35(31,32)26-21-24-13-25-34-21/h1-6,11,13,18-19H,7-10,12H2,(H,29,30)(H,24,25,26)/t18-,19+/m1/s1. The van der Waals surface area contributed by atoms with Crippen LogP contribution >= 0.6 is 11.5 Å². The third kappa shape index (κ3) is 4.79. The minimum atomic E-state index is -3.88. The van der Waals surface area contributed by atoms with Gasteiger partial charge in [0, 0.05) is 55.3 Å². The summed E-state index contributed by atoms with van der Waals surface area (Å²) >= 11 is 0.935. The van der Waals surface area contributed by atoms with Crippen LogP contribution in [0.3, 0.4) is 0 Å². The molecule has 13 heteroatoms. The number of halogens is 1. The molecule has 1 aromatic heterocycles. The molecule has 1 saturated heterocycles. The predicted molar refractivity (Wildman–Crippen MR) is 125 cm³/mol. The Morgan fingerprint density at radius 3 is 2.69 bits per heavy atom. The molecule has 0 radical (unpaired) electrons. The van der Waals surface area contributed by atoms with Gasteiger partial charge in [-0.25, -0.2) is 22.6 Å². The number of sulfonamides is 1. The zero-order valence-electron chi connectivity index (χ0n) is 18.4. The Labute approximate surface area is 205 Å². The van der Waals surface area contributed by atoms with Gasteiger partial charge in [-0.15, -0.1) is 0 Å². The van der Waals surface area contributed by atoms with E-state index in [9.17, 15) is 22.7 Å². The van der Waals surface area contributed by atoms with Crippen LogP contribution in [0.15, 0.2) is 53.7 Å². The van der Waals surface area contributed by atoms with Crippen molar-refractivity contribution in [2.75, 3.05) is 31.0 Å². The first-order valence-corrected chi connectivity index (χ1v) is 13.1. The van der Waals surface area contributed by atoms with E-state index in [-0.39, 0.29) is 34.5 Å². The lowest BCUT2D eigenvalue weighted by atomic mass is 9.93. The smallest absolute Gasteiger partial charge is 0.407 e. The quantitative estimate of drug-likeness (QED) is 0.526. The van der Waals surface area contributed by atoms with E-state index in [1.807, 2.05) is 0 Å². The highest BCUT2D eigenvalue weighted by Gasteiger charge is 2.38. The molecule has 10 nitrogen and oxygen atoms in total. The summed E-state index contributed by atoms with van der Waals surface area (Å²) in [6.07, 6.45) is 0.916. The number of ether oxygens (including phenoxy) is 1. The number of piperazine rings is 1. The van der Waals surface area contributed by atoms with E-state index in [4.69, 9.17) is 4.74 Å². The van der Waals surface area contributed by atoms with Crippen LogP contribution in [-0.4, -0.2) is 65.0 Å². The molecular weight excluding hydrogens is 497 g/mol. The van der Waals surface area contributed by atoms with E-state index in [0.29, 0.717) is 31.9 Å². The van der Waals surface area contributed by atoms with Gasteiger partial charge >= 0.3 is 6.09 Å². The van der Waals surface area contributed by atoms with Crippen LogP contribution in [0.4, 0.5) is 14.3 Å². The Morgan fingerprint density at radius 2 is 1.97 bits per heavy atom. The van der Waals surface area contributed by atoms with Crippen molar-refractivity contribution in [2.45, 2.75) is 23.4 Å². The number of nitrogens with one attached hydrogen (secondary N) is 1. The maximum absolute atomic E-state index is 13.6. The summed E-state index contributed by atoms with van der Waals surface area (Å²) in [5.74, 6) is 0.0957. The predicted octanol–water partition coefficient (Wildman–Crippen LogP) is 3.34. The molecule has 1 fully saturated rings. The number of anilines is 1. The number of amides is 1. The first kappa shape index (κ1) is 23.5. The molecule has 0 spiro atoms. The molecule has 35 heavy (non-hydrogen) atoms. The van der Waals surface area contributed by atoms with Gasteiger partial charge in [-0.3, -0.25) is 9.62 Å². The molecular formula is C22H22FN5O5S2. The minimum Gasteiger partial charge on any atom is -0.493 e. The van der Waals surface area contributed by atoms with Crippen LogP contribution in [0.25, 0.3) is 0 Å². The van der Waals surface area contributed by atoms with E-state index in [2.05, 4.69) is 19.0 Å². The molecule has 2 aliphatic rings. The molecule has 2 aromatic carbocycles. The van der Waals surface area contributed by atoms with E-state index >= 15 is 0 Å². The fourth-order valence-corrected chi connectivity index (χ4v) is 6.26. The fourth-order valence-electron chi connectivity index (χ4n) is 4.58. The molecule has 2 atom stereocenters. The van der Waals surface area contributed by atoms with Crippen molar-refractivity contribution in [3.8, 4) is 5.75 Å². The highest BCUT2D eigenvalue weighted by Crippen LogP contribution is 2.42. The number of fused-ring (bicyclic) bond motifs is 1. The summed E-state index contributed by atoms with van der Waals surface area (Å²) in [5, 5.41) is 9.72. The molecule has 3 aromatic rings. The van der Waals surface area contributed by atoms with E-state index in [0.717, 1.165) is 22.7 Å². The van der Waals surface area contributed by atoms with Crippen molar-refractivity contribution in [3.05, 3.63) is 65.7 Å².